The minimum atomic E-state index is -1.35. The third-order valence-electron chi connectivity index (χ3n) is 1.57. The van der Waals surface area contributed by atoms with Crippen LogP contribution in [0.1, 0.15) is 13.8 Å². The molecule has 0 saturated carbocycles. The molecule has 78 valence electrons. The number of hydrogen-bond donors (Lipinski definition) is 1. The van der Waals surface area contributed by atoms with Crippen molar-refractivity contribution in [1.82, 2.24) is 0 Å². The summed E-state index contributed by atoms with van der Waals surface area (Å²) < 4.78 is 39.3. The molecule has 1 unspecified atom stereocenters. The van der Waals surface area contributed by atoms with Crippen molar-refractivity contribution in [3.63, 3.8) is 0 Å². The molecule has 0 aliphatic heterocycles. The van der Waals surface area contributed by atoms with Gasteiger partial charge in [-0.15, -0.1) is 0 Å². The molecular formula is C9H11F2NOS. The highest BCUT2D eigenvalue weighted by atomic mass is 32.2. The van der Waals surface area contributed by atoms with Crippen LogP contribution in [0.25, 0.3) is 0 Å². The fraction of sp³-hybridized carbons (Fsp3) is 0.333. The summed E-state index contributed by atoms with van der Waals surface area (Å²) in [6.07, 6.45) is 0. The van der Waals surface area contributed by atoms with Gasteiger partial charge in [-0.1, -0.05) is 0 Å². The van der Waals surface area contributed by atoms with Gasteiger partial charge in [0.05, 0.1) is 5.69 Å². The van der Waals surface area contributed by atoms with Crippen molar-refractivity contribution >= 4 is 16.7 Å². The number of rotatable bonds is 3. The largest absolute Gasteiger partial charge is 0.302 e. The molecule has 1 aromatic rings. The zero-order chi connectivity index (χ0) is 10.7. The molecule has 0 fully saturated rings. The van der Waals surface area contributed by atoms with E-state index in [4.69, 9.17) is 0 Å². The molecule has 0 bridgehead atoms. The zero-order valence-corrected chi connectivity index (χ0v) is 8.70. The lowest BCUT2D eigenvalue weighted by Crippen LogP contribution is -2.15. The van der Waals surface area contributed by atoms with Crippen molar-refractivity contribution in [1.29, 1.82) is 0 Å². The topological polar surface area (TPSA) is 29.1 Å². The zero-order valence-electron chi connectivity index (χ0n) is 7.88. The lowest BCUT2D eigenvalue weighted by molar-refractivity contribution is 0.586. The van der Waals surface area contributed by atoms with Crippen LogP contribution in [0.3, 0.4) is 0 Å². The highest BCUT2D eigenvalue weighted by molar-refractivity contribution is 7.86. The quantitative estimate of drug-likeness (QED) is 0.831. The van der Waals surface area contributed by atoms with Gasteiger partial charge < -0.3 is 4.72 Å². The van der Waals surface area contributed by atoms with Gasteiger partial charge in [0.2, 0.25) is 0 Å². The normalized spacial score (nSPS) is 12.9. The summed E-state index contributed by atoms with van der Waals surface area (Å²) in [5.41, 5.74) is 0.0541. The molecule has 0 radical (unpaired) electrons. The molecule has 5 heteroatoms. The molecule has 2 nitrogen and oxygen atoms in total. The Morgan fingerprint density at radius 3 is 2.50 bits per heavy atom. The van der Waals surface area contributed by atoms with Gasteiger partial charge >= 0.3 is 0 Å². The molecule has 0 heterocycles. The smallest absolute Gasteiger partial charge is 0.150 e. The molecule has 1 N–H and O–H groups in total. The van der Waals surface area contributed by atoms with Crippen LogP contribution in [0.2, 0.25) is 0 Å². The summed E-state index contributed by atoms with van der Waals surface area (Å²) in [5.74, 6) is -1.39. The fourth-order valence-corrected chi connectivity index (χ4v) is 1.42. The van der Waals surface area contributed by atoms with Crippen LogP contribution >= 0.6 is 0 Å². The first kappa shape index (κ1) is 11.1. The van der Waals surface area contributed by atoms with Gasteiger partial charge in [0, 0.05) is 11.3 Å². The van der Waals surface area contributed by atoms with Gasteiger partial charge in [-0.05, 0) is 26.0 Å². The average Bonchev–Trinajstić information content (AvgIpc) is 2.09. The van der Waals surface area contributed by atoms with E-state index in [9.17, 15) is 13.0 Å². The van der Waals surface area contributed by atoms with Crippen LogP contribution in [0, 0.1) is 11.6 Å². The average molecular weight is 219 g/mol. The van der Waals surface area contributed by atoms with Gasteiger partial charge in [-0.3, -0.25) is 0 Å². The monoisotopic (exact) mass is 219 g/mol. The van der Waals surface area contributed by atoms with Crippen LogP contribution in [0.15, 0.2) is 18.2 Å². The van der Waals surface area contributed by atoms with Crippen molar-refractivity contribution in [2.75, 3.05) is 4.72 Å². The molecule has 1 rings (SSSR count). The SMILES string of the molecule is CC(C)S(=O)Nc1ccc(F)cc1F. The van der Waals surface area contributed by atoms with Crippen molar-refractivity contribution in [3.8, 4) is 0 Å². The lowest BCUT2D eigenvalue weighted by Gasteiger charge is -2.09. The molecule has 0 amide bonds. The van der Waals surface area contributed by atoms with Gasteiger partial charge in [-0.25, -0.2) is 13.0 Å². The first-order valence-corrected chi connectivity index (χ1v) is 5.34. The number of anilines is 1. The second-order valence-corrected chi connectivity index (χ2v) is 4.81. The molecule has 0 saturated heterocycles. The molecule has 1 atom stereocenters. The maximum absolute atomic E-state index is 13.0. The Kier molecular flexibility index (Phi) is 3.57. The molecule has 0 aliphatic rings. The minimum Gasteiger partial charge on any atom is -0.302 e. The molecule has 14 heavy (non-hydrogen) atoms. The van der Waals surface area contributed by atoms with Crippen LogP contribution in [-0.2, 0) is 11.0 Å². The second-order valence-electron chi connectivity index (χ2n) is 3.07. The highest BCUT2D eigenvalue weighted by Crippen LogP contribution is 2.16. The van der Waals surface area contributed by atoms with Crippen molar-refractivity contribution in [3.05, 3.63) is 29.8 Å². The van der Waals surface area contributed by atoms with Crippen LogP contribution in [0.4, 0.5) is 14.5 Å². The van der Waals surface area contributed by atoms with Crippen LogP contribution in [-0.4, -0.2) is 9.46 Å². The van der Waals surface area contributed by atoms with Gasteiger partial charge in [0.1, 0.15) is 22.6 Å². The van der Waals surface area contributed by atoms with Crippen LogP contribution in [0.5, 0.6) is 0 Å². The fourth-order valence-electron chi connectivity index (χ4n) is 0.798. The summed E-state index contributed by atoms with van der Waals surface area (Å²) in [6.45, 7) is 3.48. The molecule has 0 aromatic heterocycles. The Morgan fingerprint density at radius 2 is 2.00 bits per heavy atom. The van der Waals surface area contributed by atoms with Crippen molar-refractivity contribution in [2.45, 2.75) is 19.1 Å². The van der Waals surface area contributed by atoms with E-state index >= 15 is 0 Å². The van der Waals surface area contributed by atoms with E-state index in [1.165, 1.54) is 6.07 Å². The number of halogens is 2. The van der Waals surface area contributed by atoms with E-state index < -0.39 is 22.6 Å². The maximum atomic E-state index is 13.0. The Hall–Kier alpha value is -0.970. The predicted octanol–water partition coefficient (Wildman–Crippen LogP) is 2.45. The Labute approximate surface area is 83.9 Å². The number of hydrogen-bond acceptors (Lipinski definition) is 1. The van der Waals surface area contributed by atoms with Gasteiger partial charge in [0.15, 0.2) is 0 Å². The number of nitrogens with one attached hydrogen (secondary N) is 1. The predicted molar refractivity (Wildman–Crippen MR) is 53.3 cm³/mol. The van der Waals surface area contributed by atoms with Gasteiger partial charge in [0.25, 0.3) is 0 Å². The molecular weight excluding hydrogens is 208 g/mol. The molecule has 1 aromatic carbocycles. The first-order valence-electron chi connectivity index (χ1n) is 4.13. The Bertz CT molecular complexity index is 355. The van der Waals surface area contributed by atoms with E-state index in [1.54, 1.807) is 13.8 Å². The minimum absolute atomic E-state index is 0.0541. The summed E-state index contributed by atoms with van der Waals surface area (Å²) in [7, 11) is -1.35. The lowest BCUT2D eigenvalue weighted by atomic mass is 10.3. The maximum Gasteiger partial charge on any atom is 0.150 e. The summed E-state index contributed by atoms with van der Waals surface area (Å²) in [5, 5.41) is -0.126. The third kappa shape index (κ3) is 2.77. The Balaban J connectivity index is 2.82. The van der Waals surface area contributed by atoms with E-state index in [-0.39, 0.29) is 10.9 Å². The van der Waals surface area contributed by atoms with Crippen LogP contribution < -0.4 is 4.72 Å². The Morgan fingerprint density at radius 1 is 1.36 bits per heavy atom. The summed E-state index contributed by atoms with van der Waals surface area (Å²) in [4.78, 5) is 0. The summed E-state index contributed by atoms with van der Waals surface area (Å²) in [6, 6.07) is 3.09. The number of benzene rings is 1. The van der Waals surface area contributed by atoms with Crippen molar-refractivity contribution < 1.29 is 13.0 Å². The molecule has 0 spiro atoms. The van der Waals surface area contributed by atoms with E-state index in [1.807, 2.05) is 0 Å². The van der Waals surface area contributed by atoms with E-state index in [2.05, 4.69) is 4.72 Å². The molecule has 0 aliphatic carbocycles. The highest BCUT2D eigenvalue weighted by Gasteiger charge is 2.09. The standard InChI is InChI=1S/C9H11F2NOS/c1-6(2)14(13)12-9-4-3-7(10)5-8(9)11/h3-6,12H,1-2H3. The second kappa shape index (κ2) is 4.50. The third-order valence-corrected chi connectivity index (χ3v) is 2.85. The van der Waals surface area contributed by atoms with Crippen molar-refractivity contribution in [2.24, 2.45) is 0 Å². The summed E-state index contributed by atoms with van der Waals surface area (Å²) >= 11 is 0. The van der Waals surface area contributed by atoms with Gasteiger partial charge in [-0.2, -0.15) is 0 Å². The van der Waals surface area contributed by atoms with E-state index in [0.717, 1.165) is 12.1 Å². The van der Waals surface area contributed by atoms with E-state index in [0.29, 0.717) is 0 Å². The first-order chi connectivity index (χ1) is 6.50.